The molecule has 1 aromatic heterocycles. The Balaban J connectivity index is 1.46. The second kappa shape index (κ2) is 9.17. The molecule has 1 aliphatic heterocycles. The largest absolute Gasteiger partial charge is 0.299 e. The van der Waals surface area contributed by atoms with Crippen molar-refractivity contribution in [1.82, 2.24) is 19.9 Å². The summed E-state index contributed by atoms with van der Waals surface area (Å²) < 4.78 is 14.8. The Bertz CT molecular complexity index is 965. The van der Waals surface area contributed by atoms with Crippen LogP contribution in [0.1, 0.15) is 31.7 Å². The number of aromatic nitrogens is 3. The molecule has 0 N–H and O–H groups in total. The van der Waals surface area contributed by atoms with E-state index < -0.39 is 0 Å². The molecule has 6 nitrogen and oxygen atoms in total. The summed E-state index contributed by atoms with van der Waals surface area (Å²) in [6.45, 7) is 4.65. The number of benzene rings is 2. The van der Waals surface area contributed by atoms with Gasteiger partial charge >= 0.3 is 0 Å². The van der Waals surface area contributed by atoms with Crippen molar-refractivity contribution in [1.29, 1.82) is 0 Å². The highest BCUT2D eigenvalue weighted by atomic mass is 19.1. The minimum absolute atomic E-state index is 0.0441. The van der Waals surface area contributed by atoms with E-state index >= 15 is 0 Å². The number of hydrogen-bond donors (Lipinski definition) is 0. The maximum absolute atomic E-state index is 13.2. The first-order valence-electron chi connectivity index (χ1n) is 10.4. The summed E-state index contributed by atoms with van der Waals surface area (Å²) >= 11 is 0. The summed E-state index contributed by atoms with van der Waals surface area (Å²) in [5.41, 5.74) is 2.01. The molecule has 156 valence electrons. The molecule has 0 atom stereocenters. The quantitative estimate of drug-likeness (QED) is 0.624. The molecule has 0 bridgehead atoms. The SMILES string of the molecule is CCC(=O)N(c1cn(-c2ccc(F)cc2)nn1)C1CCN(Cc2ccccc2)CC1. The second-order valence-electron chi connectivity index (χ2n) is 7.61. The van der Waals surface area contributed by atoms with E-state index in [1.807, 2.05) is 13.0 Å². The Hall–Kier alpha value is -3.06. The fourth-order valence-corrected chi connectivity index (χ4v) is 3.95. The van der Waals surface area contributed by atoms with Crippen LogP contribution >= 0.6 is 0 Å². The number of carbonyl (C=O) groups is 1. The number of nitrogens with zero attached hydrogens (tertiary/aromatic N) is 5. The molecule has 7 heteroatoms. The Morgan fingerprint density at radius 3 is 2.47 bits per heavy atom. The van der Waals surface area contributed by atoms with Gasteiger partial charge in [0.05, 0.1) is 11.9 Å². The Kier molecular flexibility index (Phi) is 6.18. The van der Waals surface area contributed by atoms with Gasteiger partial charge in [0, 0.05) is 32.1 Å². The molecular weight excluding hydrogens is 381 g/mol. The lowest BCUT2D eigenvalue weighted by atomic mass is 10.0. The zero-order valence-electron chi connectivity index (χ0n) is 17.1. The van der Waals surface area contributed by atoms with E-state index in [9.17, 15) is 9.18 Å². The van der Waals surface area contributed by atoms with Crippen LogP contribution in [-0.2, 0) is 11.3 Å². The first kappa shape index (κ1) is 20.2. The molecule has 3 aromatic rings. The molecule has 2 aromatic carbocycles. The Morgan fingerprint density at radius 2 is 1.80 bits per heavy atom. The average Bonchev–Trinajstić information content (AvgIpc) is 3.26. The number of rotatable bonds is 6. The summed E-state index contributed by atoms with van der Waals surface area (Å²) in [7, 11) is 0. The fraction of sp³-hybridized carbons (Fsp3) is 0.348. The lowest BCUT2D eigenvalue weighted by Gasteiger charge is -2.37. The molecule has 2 heterocycles. The van der Waals surface area contributed by atoms with E-state index in [0.29, 0.717) is 17.9 Å². The van der Waals surface area contributed by atoms with Crippen molar-refractivity contribution in [2.45, 2.75) is 38.8 Å². The maximum atomic E-state index is 13.2. The van der Waals surface area contributed by atoms with Gasteiger partial charge < -0.3 is 0 Å². The number of anilines is 1. The van der Waals surface area contributed by atoms with Crippen molar-refractivity contribution < 1.29 is 9.18 Å². The Morgan fingerprint density at radius 1 is 1.10 bits per heavy atom. The van der Waals surface area contributed by atoms with Gasteiger partial charge in [-0.25, -0.2) is 9.07 Å². The number of carbonyl (C=O) groups excluding carboxylic acids is 1. The van der Waals surface area contributed by atoms with Gasteiger partial charge in [0.15, 0.2) is 5.82 Å². The van der Waals surface area contributed by atoms with Crippen LogP contribution in [0.25, 0.3) is 5.69 Å². The number of likely N-dealkylation sites (tertiary alicyclic amines) is 1. The summed E-state index contributed by atoms with van der Waals surface area (Å²) in [5.74, 6) is 0.291. The third-order valence-corrected chi connectivity index (χ3v) is 5.56. The molecule has 0 saturated carbocycles. The van der Waals surface area contributed by atoms with E-state index in [0.717, 1.165) is 32.5 Å². The van der Waals surface area contributed by atoms with E-state index in [1.165, 1.54) is 17.7 Å². The van der Waals surface area contributed by atoms with Crippen LogP contribution in [0.4, 0.5) is 10.2 Å². The van der Waals surface area contributed by atoms with Crippen LogP contribution < -0.4 is 4.90 Å². The van der Waals surface area contributed by atoms with Crippen LogP contribution in [0, 0.1) is 5.82 Å². The van der Waals surface area contributed by atoms with Crippen LogP contribution in [0.15, 0.2) is 60.8 Å². The van der Waals surface area contributed by atoms with Gasteiger partial charge in [-0.3, -0.25) is 14.6 Å². The van der Waals surface area contributed by atoms with Crippen molar-refractivity contribution in [2.75, 3.05) is 18.0 Å². The zero-order valence-corrected chi connectivity index (χ0v) is 17.1. The molecular formula is C23H26FN5O. The van der Waals surface area contributed by atoms with Crippen LogP contribution in [0.2, 0.25) is 0 Å². The van der Waals surface area contributed by atoms with E-state index in [2.05, 4.69) is 39.5 Å². The van der Waals surface area contributed by atoms with E-state index in [4.69, 9.17) is 0 Å². The average molecular weight is 407 g/mol. The minimum Gasteiger partial charge on any atom is -0.299 e. The third-order valence-electron chi connectivity index (χ3n) is 5.56. The molecule has 0 radical (unpaired) electrons. The smallest absolute Gasteiger partial charge is 0.228 e. The molecule has 0 aliphatic carbocycles. The van der Waals surface area contributed by atoms with Crippen LogP contribution in [0.3, 0.4) is 0 Å². The number of halogens is 1. The van der Waals surface area contributed by atoms with Gasteiger partial charge in [0.1, 0.15) is 5.82 Å². The van der Waals surface area contributed by atoms with Gasteiger partial charge in [0.2, 0.25) is 5.91 Å². The highest BCUT2D eigenvalue weighted by Gasteiger charge is 2.30. The van der Waals surface area contributed by atoms with Crippen molar-refractivity contribution in [3.63, 3.8) is 0 Å². The van der Waals surface area contributed by atoms with Gasteiger partial charge in [-0.05, 0) is 42.7 Å². The third kappa shape index (κ3) is 4.57. The number of hydrogen-bond acceptors (Lipinski definition) is 4. The highest BCUT2D eigenvalue weighted by Crippen LogP contribution is 2.24. The molecule has 30 heavy (non-hydrogen) atoms. The summed E-state index contributed by atoms with van der Waals surface area (Å²) in [4.78, 5) is 17.0. The van der Waals surface area contributed by atoms with Crippen LogP contribution in [0.5, 0.6) is 0 Å². The first-order valence-corrected chi connectivity index (χ1v) is 10.4. The monoisotopic (exact) mass is 407 g/mol. The van der Waals surface area contributed by atoms with Gasteiger partial charge in [0.25, 0.3) is 0 Å². The standard InChI is InChI=1S/C23H26FN5O/c1-2-23(30)29(22-17-28(26-25-22)20-10-8-19(24)9-11-20)21-12-14-27(15-13-21)16-18-6-4-3-5-7-18/h3-11,17,21H,2,12-16H2,1H3. The Labute approximate surface area is 175 Å². The number of piperidine rings is 1. The molecule has 1 aliphatic rings. The van der Waals surface area contributed by atoms with Crippen LogP contribution in [-0.4, -0.2) is 44.9 Å². The predicted octanol–water partition coefficient (Wildman–Crippen LogP) is 3.81. The van der Waals surface area contributed by atoms with Crippen molar-refractivity contribution in [3.05, 3.63) is 72.2 Å². The second-order valence-corrected chi connectivity index (χ2v) is 7.61. The summed E-state index contributed by atoms with van der Waals surface area (Å²) in [5, 5.41) is 8.42. The normalized spacial score (nSPS) is 15.3. The van der Waals surface area contributed by atoms with E-state index in [1.54, 1.807) is 27.9 Å². The molecule has 1 amide bonds. The minimum atomic E-state index is -0.302. The maximum Gasteiger partial charge on any atom is 0.228 e. The van der Waals surface area contributed by atoms with Gasteiger partial charge in [-0.15, -0.1) is 5.10 Å². The zero-order chi connectivity index (χ0) is 20.9. The van der Waals surface area contributed by atoms with E-state index in [-0.39, 0.29) is 17.8 Å². The highest BCUT2D eigenvalue weighted by molar-refractivity contribution is 5.92. The molecule has 0 spiro atoms. The molecule has 1 saturated heterocycles. The number of amides is 1. The fourth-order valence-electron chi connectivity index (χ4n) is 3.95. The summed E-state index contributed by atoms with van der Waals surface area (Å²) in [6.07, 6.45) is 3.94. The van der Waals surface area contributed by atoms with Crippen molar-refractivity contribution >= 4 is 11.7 Å². The summed E-state index contributed by atoms with van der Waals surface area (Å²) in [6, 6.07) is 16.6. The van der Waals surface area contributed by atoms with Crippen molar-refractivity contribution in [2.24, 2.45) is 0 Å². The van der Waals surface area contributed by atoms with Gasteiger partial charge in [-0.1, -0.05) is 42.5 Å². The molecule has 4 rings (SSSR count). The van der Waals surface area contributed by atoms with Gasteiger partial charge in [-0.2, -0.15) is 0 Å². The van der Waals surface area contributed by atoms with Crippen molar-refractivity contribution in [3.8, 4) is 5.69 Å². The molecule has 1 fully saturated rings. The lowest BCUT2D eigenvalue weighted by Crippen LogP contribution is -2.47. The molecule has 0 unspecified atom stereocenters. The topological polar surface area (TPSA) is 54.3 Å². The lowest BCUT2D eigenvalue weighted by molar-refractivity contribution is -0.119. The first-order chi connectivity index (χ1) is 14.6. The predicted molar refractivity (Wildman–Crippen MR) is 114 cm³/mol.